The Kier molecular flexibility index (Phi) is 10.8. The molecule has 0 aliphatic heterocycles. The average Bonchev–Trinajstić information content (AvgIpc) is 2.18. The number of hydrogen-bond donors (Lipinski definition) is 2. The Balaban J connectivity index is 3.24. The van der Waals surface area contributed by atoms with Crippen molar-refractivity contribution in [2.45, 2.75) is 0 Å². The fourth-order valence-corrected chi connectivity index (χ4v) is 2.24. The van der Waals surface area contributed by atoms with E-state index in [0.717, 1.165) is 0 Å². The SMILES string of the molecule is O=[S@@](CCO)CCOCC[S@@](=O)CCO. The Morgan fingerprint density at radius 3 is 1.53 bits per heavy atom. The number of ether oxygens (including phenoxy) is 1. The van der Waals surface area contributed by atoms with Crippen LogP contribution in [0.2, 0.25) is 0 Å². The summed E-state index contributed by atoms with van der Waals surface area (Å²) in [5, 5.41) is 16.9. The molecule has 5 nitrogen and oxygen atoms in total. The molecule has 0 aliphatic rings. The predicted molar refractivity (Wildman–Crippen MR) is 60.7 cm³/mol. The van der Waals surface area contributed by atoms with E-state index in [2.05, 4.69) is 0 Å². The minimum atomic E-state index is -1.03. The smallest absolute Gasteiger partial charge is 0.0582 e. The molecule has 92 valence electrons. The molecule has 0 unspecified atom stereocenters. The molecule has 0 saturated heterocycles. The van der Waals surface area contributed by atoms with Crippen molar-refractivity contribution in [2.75, 3.05) is 49.4 Å². The first-order valence-corrected chi connectivity index (χ1v) is 7.67. The van der Waals surface area contributed by atoms with E-state index < -0.39 is 21.6 Å². The van der Waals surface area contributed by atoms with Gasteiger partial charge in [-0.1, -0.05) is 0 Å². The quantitative estimate of drug-likeness (QED) is 0.465. The van der Waals surface area contributed by atoms with Gasteiger partial charge in [0.1, 0.15) is 0 Å². The van der Waals surface area contributed by atoms with E-state index in [1.807, 2.05) is 0 Å². The van der Waals surface area contributed by atoms with Crippen LogP contribution in [0.1, 0.15) is 0 Å². The van der Waals surface area contributed by atoms with Gasteiger partial charge in [0.05, 0.1) is 26.4 Å². The molecule has 0 aromatic heterocycles. The van der Waals surface area contributed by atoms with Gasteiger partial charge in [0.25, 0.3) is 0 Å². The highest BCUT2D eigenvalue weighted by Crippen LogP contribution is 1.86. The lowest BCUT2D eigenvalue weighted by atomic mass is 10.8. The van der Waals surface area contributed by atoms with Gasteiger partial charge in [0.15, 0.2) is 0 Å². The lowest BCUT2D eigenvalue weighted by Crippen LogP contribution is -2.15. The summed E-state index contributed by atoms with van der Waals surface area (Å²) in [5.41, 5.74) is 0. The van der Waals surface area contributed by atoms with Gasteiger partial charge in [-0.25, -0.2) is 0 Å². The van der Waals surface area contributed by atoms with Crippen molar-refractivity contribution in [3.05, 3.63) is 0 Å². The fraction of sp³-hybridized carbons (Fsp3) is 1.00. The lowest BCUT2D eigenvalue weighted by Gasteiger charge is -2.03. The Bertz CT molecular complexity index is 177. The molecule has 0 spiro atoms. The Hall–Kier alpha value is 0.180. The number of aliphatic hydroxyl groups is 2. The first-order chi connectivity index (χ1) is 7.20. The van der Waals surface area contributed by atoms with E-state index in [1.165, 1.54) is 0 Å². The largest absolute Gasteiger partial charge is 0.395 e. The highest BCUT2D eigenvalue weighted by molar-refractivity contribution is 7.85. The number of hydrogen-bond acceptors (Lipinski definition) is 5. The third-order valence-electron chi connectivity index (χ3n) is 1.55. The lowest BCUT2D eigenvalue weighted by molar-refractivity contribution is 0.166. The van der Waals surface area contributed by atoms with Gasteiger partial charge in [-0.15, -0.1) is 0 Å². The van der Waals surface area contributed by atoms with Crippen LogP contribution in [0.4, 0.5) is 0 Å². The molecule has 0 heterocycles. The highest BCUT2D eigenvalue weighted by atomic mass is 32.2. The summed E-state index contributed by atoms with van der Waals surface area (Å²) in [4.78, 5) is 0. The summed E-state index contributed by atoms with van der Waals surface area (Å²) in [6, 6.07) is 0. The maximum absolute atomic E-state index is 11.0. The van der Waals surface area contributed by atoms with Gasteiger partial charge in [-0.3, -0.25) is 8.42 Å². The van der Waals surface area contributed by atoms with Gasteiger partial charge in [0, 0.05) is 44.6 Å². The van der Waals surface area contributed by atoms with Crippen molar-refractivity contribution in [1.29, 1.82) is 0 Å². The molecule has 2 N–H and O–H groups in total. The zero-order valence-corrected chi connectivity index (χ0v) is 10.2. The molecule has 0 bridgehead atoms. The molecule has 0 rings (SSSR count). The van der Waals surface area contributed by atoms with Crippen LogP contribution in [0.3, 0.4) is 0 Å². The van der Waals surface area contributed by atoms with Crippen LogP contribution in [0.5, 0.6) is 0 Å². The van der Waals surface area contributed by atoms with Gasteiger partial charge in [-0.2, -0.15) is 0 Å². The topological polar surface area (TPSA) is 83.8 Å². The number of rotatable bonds is 10. The molecular weight excluding hydrogens is 240 g/mol. The zero-order valence-electron chi connectivity index (χ0n) is 8.59. The monoisotopic (exact) mass is 258 g/mol. The predicted octanol–water partition coefficient (Wildman–Crippen LogP) is -1.51. The van der Waals surface area contributed by atoms with Gasteiger partial charge >= 0.3 is 0 Å². The third kappa shape index (κ3) is 10.5. The van der Waals surface area contributed by atoms with Crippen LogP contribution in [0.15, 0.2) is 0 Å². The molecular formula is C8H18O5S2. The molecule has 0 saturated carbocycles. The van der Waals surface area contributed by atoms with Crippen LogP contribution in [-0.2, 0) is 26.3 Å². The highest BCUT2D eigenvalue weighted by Gasteiger charge is 2.00. The Morgan fingerprint density at radius 2 is 1.20 bits per heavy atom. The van der Waals surface area contributed by atoms with Crippen LogP contribution in [-0.4, -0.2) is 68.1 Å². The maximum atomic E-state index is 11.0. The Labute approximate surface area is 94.7 Å². The summed E-state index contributed by atoms with van der Waals surface area (Å²) >= 11 is 0. The van der Waals surface area contributed by atoms with Crippen molar-refractivity contribution in [3.63, 3.8) is 0 Å². The van der Waals surface area contributed by atoms with Crippen molar-refractivity contribution in [1.82, 2.24) is 0 Å². The minimum Gasteiger partial charge on any atom is -0.395 e. The van der Waals surface area contributed by atoms with E-state index in [-0.39, 0.29) is 24.7 Å². The van der Waals surface area contributed by atoms with Crippen molar-refractivity contribution < 1.29 is 23.4 Å². The molecule has 0 radical (unpaired) electrons. The third-order valence-corrected chi connectivity index (χ3v) is 4.07. The second-order valence-corrected chi connectivity index (χ2v) is 6.15. The summed E-state index contributed by atoms with van der Waals surface area (Å²) in [6.45, 7) is 0.548. The summed E-state index contributed by atoms with van der Waals surface area (Å²) < 4.78 is 27.2. The van der Waals surface area contributed by atoms with Gasteiger partial charge in [-0.05, 0) is 0 Å². The van der Waals surface area contributed by atoms with Crippen LogP contribution in [0.25, 0.3) is 0 Å². The zero-order chi connectivity index (χ0) is 11.5. The summed E-state index contributed by atoms with van der Waals surface area (Å²) in [6.07, 6.45) is 0. The van der Waals surface area contributed by atoms with Crippen LogP contribution in [0, 0.1) is 0 Å². The van der Waals surface area contributed by atoms with E-state index >= 15 is 0 Å². The normalized spacial score (nSPS) is 15.1. The Morgan fingerprint density at radius 1 is 0.800 bits per heavy atom. The molecule has 0 aliphatic carbocycles. The average molecular weight is 258 g/mol. The van der Waals surface area contributed by atoms with Crippen molar-refractivity contribution >= 4 is 21.6 Å². The summed E-state index contributed by atoms with van der Waals surface area (Å²) in [7, 11) is -2.06. The van der Waals surface area contributed by atoms with Crippen LogP contribution < -0.4 is 0 Å². The molecule has 0 aromatic rings. The first kappa shape index (κ1) is 15.2. The van der Waals surface area contributed by atoms with E-state index in [1.54, 1.807) is 0 Å². The maximum Gasteiger partial charge on any atom is 0.0582 e. The first-order valence-electron chi connectivity index (χ1n) is 4.70. The summed E-state index contributed by atoms with van der Waals surface area (Å²) in [5.74, 6) is 1.35. The van der Waals surface area contributed by atoms with Crippen molar-refractivity contribution in [2.24, 2.45) is 0 Å². The minimum absolute atomic E-state index is 0.0763. The van der Waals surface area contributed by atoms with E-state index in [4.69, 9.17) is 14.9 Å². The van der Waals surface area contributed by atoms with Crippen molar-refractivity contribution in [3.8, 4) is 0 Å². The molecule has 15 heavy (non-hydrogen) atoms. The molecule has 2 atom stereocenters. The second kappa shape index (κ2) is 10.7. The molecule has 0 fully saturated rings. The fourth-order valence-electron chi connectivity index (χ4n) is 0.814. The molecule has 0 aromatic carbocycles. The molecule has 0 amide bonds. The number of aliphatic hydroxyl groups excluding tert-OH is 2. The standard InChI is InChI=1S/C8H18O5S2/c9-1-5-14(11)7-3-13-4-8-15(12)6-2-10/h9-10H,1-8H2/t14-,15-/m0/s1. The van der Waals surface area contributed by atoms with Gasteiger partial charge < -0.3 is 14.9 Å². The van der Waals surface area contributed by atoms with Gasteiger partial charge in [0.2, 0.25) is 0 Å². The van der Waals surface area contributed by atoms with Crippen LogP contribution >= 0.6 is 0 Å². The van der Waals surface area contributed by atoms with E-state index in [9.17, 15) is 8.42 Å². The second-order valence-electron chi connectivity index (χ2n) is 2.76. The van der Waals surface area contributed by atoms with E-state index in [0.29, 0.717) is 24.7 Å². The molecule has 7 heteroatoms.